The van der Waals surface area contributed by atoms with Crippen LogP contribution in [0.1, 0.15) is 36.8 Å². The first-order chi connectivity index (χ1) is 22.2. The number of hydrogen-bond donors (Lipinski definition) is 2. The van der Waals surface area contributed by atoms with E-state index >= 15 is 0 Å². The predicted octanol–water partition coefficient (Wildman–Crippen LogP) is 3.52. The summed E-state index contributed by atoms with van der Waals surface area (Å²) in [6, 6.07) is 19.0. The highest BCUT2D eigenvalue weighted by molar-refractivity contribution is 8.29. The minimum atomic E-state index is -0.393. The maximum absolute atomic E-state index is 13.3. The molecule has 244 valence electrons. The molecule has 0 aliphatic carbocycles. The van der Waals surface area contributed by atoms with Crippen LogP contribution in [0.2, 0.25) is 0 Å². The first-order valence-electron chi connectivity index (χ1n) is 14.9. The van der Waals surface area contributed by atoms with Crippen LogP contribution in [-0.4, -0.2) is 101 Å². The summed E-state index contributed by atoms with van der Waals surface area (Å²) in [6.07, 6.45) is 1.06. The van der Waals surface area contributed by atoms with Gasteiger partial charge < -0.3 is 20.0 Å². The Kier molecular flexibility index (Phi) is 13.7. The number of thiocarbonyl (C=S) groups is 2. The number of aliphatic hydroxyl groups is 2. The molecule has 2 N–H and O–H groups in total. The minimum absolute atomic E-state index is 0.137. The molecule has 46 heavy (non-hydrogen) atoms. The molecule has 14 heteroatoms. The molecule has 0 unspecified atom stereocenters. The fraction of sp³-hybridized carbons (Fsp3) is 0.375. The normalized spacial score (nSPS) is 16.5. The summed E-state index contributed by atoms with van der Waals surface area (Å²) in [4.78, 5) is 58.9. The number of nitrogens with zero attached hydrogens (tertiary/aromatic N) is 4. The molecule has 2 aromatic rings. The molecule has 2 aliphatic heterocycles. The van der Waals surface area contributed by atoms with Gasteiger partial charge in [-0.05, 0) is 24.0 Å². The van der Waals surface area contributed by atoms with Crippen molar-refractivity contribution in [1.82, 2.24) is 19.6 Å². The molecule has 2 fully saturated rings. The molecular weight excluding hydrogens is 665 g/mol. The van der Waals surface area contributed by atoms with Gasteiger partial charge in [0.1, 0.15) is 8.64 Å². The van der Waals surface area contributed by atoms with Gasteiger partial charge in [-0.15, -0.1) is 0 Å². The van der Waals surface area contributed by atoms with Crippen molar-refractivity contribution >= 4 is 80.2 Å². The van der Waals surface area contributed by atoms with E-state index in [4.69, 9.17) is 24.4 Å². The molecule has 0 bridgehead atoms. The van der Waals surface area contributed by atoms with E-state index < -0.39 is 11.8 Å². The SMILES string of the molecule is O=C(CCCN1C(=O)/C(=C2\SC(=S)N(CCCC(=O)N(CCO)Cc3ccccc3)C2=O)SC1=S)N(CCO)Cc1ccccc1. The summed E-state index contributed by atoms with van der Waals surface area (Å²) >= 11 is 13.0. The smallest absolute Gasteiger partial charge is 0.267 e. The van der Waals surface area contributed by atoms with Crippen molar-refractivity contribution in [3.8, 4) is 0 Å². The molecule has 2 heterocycles. The van der Waals surface area contributed by atoms with Crippen molar-refractivity contribution in [3.63, 3.8) is 0 Å². The number of benzene rings is 2. The topological polar surface area (TPSA) is 122 Å². The lowest BCUT2D eigenvalue weighted by molar-refractivity contribution is -0.133. The monoisotopic (exact) mass is 700 g/mol. The van der Waals surface area contributed by atoms with Gasteiger partial charge in [0, 0.05) is 52.1 Å². The van der Waals surface area contributed by atoms with Crippen LogP contribution in [0.5, 0.6) is 0 Å². The molecule has 0 aromatic heterocycles. The van der Waals surface area contributed by atoms with E-state index in [0.29, 0.717) is 34.6 Å². The number of amides is 4. The van der Waals surface area contributed by atoms with E-state index in [9.17, 15) is 29.4 Å². The van der Waals surface area contributed by atoms with Crippen LogP contribution in [0.25, 0.3) is 0 Å². The van der Waals surface area contributed by atoms with Crippen molar-refractivity contribution in [3.05, 3.63) is 81.6 Å². The van der Waals surface area contributed by atoms with Gasteiger partial charge in [-0.2, -0.15) is 0 Å². The van der Waals surface area contributed by atoms with E-state index in [0.717, 1.165) is 34.7 Å². The number of carbonyl (C=O) groups is 4. The largest absolute Gasteiger partial charge is 0.395 e. The molecular formula is C32H36N4O6S4. The minimum Gasteiger partial charge on any atom is -0.395 e. The summed E-state index contributed by atoms with van der Waals surface area (Å²) in [5.41, 5.74) is 1.91. The Morgan fingerprint density at radius 3 is 1.37 bits per heavy atom. The van der Waals surface area contributed by atoms with Gasteiger partial charge in [0.25, 0.3) is 11.8 Å². The molecule has 2 aliphatic rings. The van der Waals surface area contributed by atoms with Crippen LogP contribution in [0, 0.1) is 0 Å². The third kappa shape index (κ3) is 9.46. The van der Waals surface area contributed by atoms with Crippen LogP contribution in [0.3, 0.4) is 0 Å². The quantitative estimate of drug-likeness (QED) is 0.199. The highest BCUT2D eigenvalue weighted by Crippen LogP contribution is 2.42. The zero-order valence-electron chi connectivity index (χ0n) is 25.2. The van der Waals surface area contributed by atoms with E-state index in [1.165, 1.54) is 9.80 Å². The van der Waals surface area contributed by atoms with Crippen LogP contribution in [0.4, 0.5) is 0 Å². The third-order valence-corrected chi connectivity index (χ3v) is 10.4. The van der Waals surface area contributed by atoms with Gasteiger partial charge in [-0.1, -0.05) is 109 Å². The number of carbonyl (C=O) groups excluding carboxylic acids is 4. The molecule has 2 aromatic carbocycles. The van der Waals surface area contributed by atoms with Gasteiger partial charge >= 0.3 is 0 Å². The average Bonchev–Trinajstić information content (AvgIpc) is 3.49. The van der Waals surface area contributed by atoms with E-state index in [1.54, 1.807) is 9.80 Å². The first kappa shape index (κ1) is 35.7. The average molecular weight is 701 g/mol. The van der Waals surface area contributed by atoms with E-state index in [1.807, 2.05) is 60.7 Å². The van der Waals surface area contributed by atoms with Crippen LogP contribution >= 0.6 is 48.0 Å². The number of rotatable bonds is 16. The Balaban J connectivity index is 1.29. The summed E-state index contributed by atoms with van der Waals surface area (Å²) in [6.45, 7) is 1.30. The van der Waals surface area contributed by atoms with Crippen LogP contribution in [0.15, 0.2) is 70.5 Å². The first-order valence-corrected chi connectivity index (χ1v) is 17.3. The summed E-state index contributed by atoms with van der Waals surface area (Å²) in [5.74, 6) is -1.06. The fourth-order valence-electron chi connectivity index (χ4n) is 4.98. The lowest BCUT2D eigenvalue weighted by Crippen LogP contribution is -2.35. The second-order valence-corrected chi connectivity index (χ2v) is 13.9. The zero-order chi connectivity index (χ0) is 33.1. The lowest BCUT2D eigenvalue weighted by Gasteiger charge is -2.22. The van der Waals surface area contributed by atoms with Gasteiger partial charge in [-0.3, -0.25) is 29.0 Å². The second kappa shape index (κ2) is 17.7. The highest BCUT2D eigenvalue weighted by Gasteiger charge is 2.41. The molecule has 4 rings (SSSR count). The zero-order valence-corrected chi connectivity index (χ0v) is 28.5. The van der Waals surface area contributed by atoms with E-state index in [2.05, 4.69) is 0 Å². The lowest BCUT2D eigenvalue weighted by atomic mass is 10.2. The Hall–Kier alpha value is -3.14. The Labute approximate surface area is 287 Å². The fourth-order valence-corrected chi connectivity index (χ4v) is 7.75. The number of aliphatic hydroxyl groups excluding tert-OH is 2. The molecule has 4 amide bonds. The summed E-state index contributed by atoms with van der Waals surface area (Å²) < 4.78 is 0.615. The maximum Gasteiger partial charge on any atom is 0.267 e. The summed E-state index contributed by atoms with van der Waals surface area (Å²) in [7, 11) is 0. The third-order valence-electron chi connectivity index (χ3n) is 7.33. The number of thioether (sulfide) groups is 2. The number of hydrogen-bond acceptors (Lipinski definition) is 10. The van der Waals surface area contributed by atoms with Crippen molar-refractivity contribution in [1.29, 1.82) is 0 Å². The Bertz CT molecular complexity index is 1360. The standard InChI is InChI=1S/C32H36N4O6S4/c37-19-17-33(21-23-9-3-1-4-10-23)25(39)13-7-15-35-29(41)27(45-31(35)43)28-30(42)36(32(44)46-28)16-8-14-26(40)34(18-20-38)22-24-11-5-2-6-12-24/h1-6,9-12,37-38H,7-8,13-22H2/b28-27+. The second-order valence-electron chi connectivity index (χ2n) is 10.6. The molecule has 10 nitrogen and oxygen atoms in total. The van der Waals surface area contributed by atoms with Gasteiger partial charge in [0.2, 0.25) is 11.8 Å². The van der Waals surface area contributed by atoms with Crippen molar-refractivity contribution in [2.75, 3.05) is 39.4 Å². The van der Waals surface area contributed by atoms with Crippen molar-refractivity contribution in [2.24, 2.45) is 0 Å². The Morgan fingerprint density at radius 1 is 0.652 bits per heavy atom. The van der Waals surface area contributed by atoms with Crippen LogP contribution in [-0.2, 0) is 32.3 Å². The molecule has 0 saturated carbocycles. The van der Waals surface area contributed by atoms with Crippen LogP contribution < -0.4 is 0 Å². The van der Waals surface area contributed by atoms with Crippen molar-refractivity contribution in [2.45, 2.75) is 38.8 Å². The molecule has 0 radical (unpaired) electrons. The van der Waals surface area contributed by atoms with Gasteiger partial charge in [0.15, 0.2) is 0 Å². The molecule has 2 saturated heterocycles. The highest BCUT2D eigenvalue weighted by atomic mass is 32.2. The van der Waals surface area contributed by atoms with Gasteiger partial charge in [0.05, 0.1) is 23.0 Å². The maximum atomic E-state index is 13.3. The van der Waals surface area contributed by atoms with Gasteiger partial charge in [-0.25, -0.2) is 0 Å². The predicted molar refractivity (Wildman–Crippen MR) is 187 cm³/mol. The Morgan fingerprint density at radius 2 is 1.02 bits per heavy atom. The van der Waals surface area contributed by atoms with Crippen molar-refractivity contribution < 1.29 is 29.4 Å². The van der Waals surface area contributed by atoms with E-state index in [-0.39, 0.29) is 73.9 Å². The summed E-state index contributed by atoms with van der Waals surface area (Å²) in [5, 5.41) is 18.9. The molecule has 0 spiro atoms. The molecule has 0 atom stereocenters.